The normalized spacial score (nSPS) is 12.4. The monoisotopic (exact) mass is 428 g/mol. The number of benzene rings is 2. The predicted molar refractivity (Wildman–Crippen MR) is 114 cm³/mol. The zero-order valence-electron chi connectivity index (χ0n) is 17.3. The van der Waals surface area contributed by atoms with Crippen molar-refractivity contribution in [2.75, 3.05) is 10.6 Å². The lowest BCUT2D eigenvalue weighted by atomic mass is 10.1. The summed E-state index contributed by atoms with van der Waals surface area (Å²) in [6.45, 7) is 5.21. The van der Waals surface area contributed by atoms with Gasteiger partial charge in [0.25, 0.3) is 0 Å². The van der Waals surface area contributed by atoms with Crippen molar-refractivity contribution in [3.8, 4) is 11.4 Å². The molecule has 1 aromatic heterocycles. The van der Waals surface area contributed by atoms with Gasteiger partial charge in [0.15, 0.2) is 0 Å². The summed E-state index contributed by atoms with van der Waals surface area (Å²) < 4.78 is 31.3. The van der Waals surface area contributed by atoms with Gasteiger partial charge in [-0.1, -0.05) is 47.6 Å². The lowest BCUT2D eigenvalue weighted by Crippen LogP contribution is -2.48. The van der Waals surface area contributed by atoms with Gasteiger partial charge in [-0.3, -0.25) is 9.10 Å². The highest BCUT2D eigenvalue weighted by Gasteiger charge is 2.30. The highest BCUT2D eigenvalue weighted by atomic mass is 32.2. The van der Waals surface area contributed by atoms with Gasteiger partial charge in [-0.2, -0.15) is 4.98 Å². The highest BCUT2D eigenvalue weighted by Crippen LogP contribution is 2.26. The van der Waals surface area contributed by atoms with Crippen LogP contribution < -0.4 is 9.62 Å². The minimum absolute atomic E-state index is 0.00654. The van der Waals surface area contributed by atoms with Gasteiger partial charge in [-0.25, -0.2) is 8.42 Å². The Morgan fingerprint density at radius 1 is 1.17 bits per heavy atom. The average molecular weight is 429 g/mol. The Kier molecular flexibility index (Phi) is 6.21. The zero-order chi connectivity index (χ0) is 21.9. The summed E-state index contributed by atoms with van der Waals surface area (Å²) in [5.74, 6) is 0.175. The molecule has 158 valence electrons. The quantitative estimate of drug-likeness (QED) is 0.620. The molecule has 8 nitrogen and oxygen atoms in total. The molecule has 0 aliphatic rings. The van der Waals surface area contributed by atoms with Crippen molar-refractivity contribution in [1.82, 2.24) is 15.5 Å². The minimum Gasteiger partial charge on any atom is -0.345 e. The molecule has 1 N–H and O–H groups in total. The number of amides is 1. The van der Waals surface area contributed by atoms with E-state index in [1.807, 2.05) is 49.4 Å². The Morgan fingerprint density at radius 3 is 2.53 bits per heavy atom. The number of nitrogens with one attached hydrogen (secondary N) is 1. The summed E-state index contributed by atoms with van der Waals surface area (Å²) in [5.41, 5.74) is 2.93. The van der Waals surface area contributed by atoms with Crippen LogP contribution in [0.1, 0.15) is 23.9 Å². The van der Waals surface area contributed by atoms with Crippen LogP contribution in [0.3, 0.4) is 0 Å². The topological polar surface area (TPSA) is 105 Å². The fraction of sp³-hybridized carbons (Fsp3) is 0.286. The van der Waals surface area contributed by atoms with E-state index in [2.05, 4.69) is 15.5 Å². The Balaban J connectivity index is 1.75. The van der Waals surface area contributed by atoms with Crippen LogP contribution in [0.4, 0.5) is 5.69 Å². The van der Waals surface area contributed by atoms with Crippen molar-refractivity contribution in [1.29, 1.82) is 0 Å². The molecule has 1 unspecified atom stereocenters. The molecule has 0 fully saturated rings. The average Bonchev–Trinajstić information content (AvgIpc) is 3.17. The maximum Gasteiger partial charge on any atom is 0.246 e. The molecule has 0 aliphatic carbocycles. The fourth-order valence-corrected chi connectivity index (χ4v) is 4.30. The second-order valence-electron chi connectivity index (χ2n) is 7.12. The van der Waals surface area contributed by atoms with Crippen LogP contribution in [0.5, 0.6) is 0 Å². The van der Waals surface area contributed by atoms with Crippen molar-refractivity contribution in [3.05, 3.63) is 65.5 Å². The number of aryl methyl sites for hydroxylation is 2. The number of carbonyl (C=O) groups excluding carboxylic acids is 1. The Hall–Kier alpha value is -3.20. The van der Waals surface area contributed by atoms with E-state index in [0.717, 1.165) is 27.3 Å². The molecule has 1 amide bonds. The van der Waals surface area contributed by atoms with Gasteiger partial charge in [0, 0.05) is 5.56 Å². The molecule has 2 aromatic carbocycles. The number of nitrogens with zero attached hydrogens (tertiary/aromatic N) is 3. The standard InChI is InChI=1S/C21H24N4O4S/c1-14-10-11-15(2)18(12-14)25(30(4,27)28)16(3)21(26)22-13-19-23-20(24-29-19)17-8-6-5-7-9-17/h5-12,16H,13H2,1-4H3,(H,22,26). The van der Waals surface area contributed by atoms with Crippen molar-refractivity contribution in [3.63, 3.8) is 0 Å². The van der Waals surface area contributed by atoms with E-state index in [4.69, 9.17) is 4.52 Å². The van der Waals surface area contributed by atoms with Gasteiger partial charge in [0.2, 0.25) is 27.6 Å². The van der Waals surface area contributed by atoms with E-state index < -0.39 is 22.0 Å². The van der Waals surface area contributed by atoms with Crippen LogP contribution in [-0.4, -0.2) is 36.8 Å². The van der Waals surface area contributed by atoms with Crippen LogP contribution in [0, 0.1) is 13.8 Å². The number of carbonyl (C=O) groups is 1. The molecule has 0 aliphatic heterocycles. The third kappa shape index (κ3) is 4.85. The van der Waals surface area contributed by atoms with Gasteiger partial charge in [-0.15, -0.1) is 0 Å². The SMILES string of the molecule is Cc1ccc(C)c(N(C(C)C(=O)NCc2nc(-c3ccccc3)no2)S(C)(=O)=O)c1. The largest absolute Gasteiger partial charge is 0.345 e. The van der Waals surface area contributed by atoms with Crippen LogP contribution in [0.15, 0.2) is 53.1 Å². The van der Waals surface area contributed by atoms with Gasteiger partial charge in [0.1, 0.15) is 6.04 Å². The molecule has 9 heteroatoms. The minimum atomic E-state index is -3.70. The molecule has 0 bridgehead atoms. The summed E-state index contributed by atoms with van der Waals surface area (Å²) in [7, 11) is -3.70. The van der Waals surface area contributed by atoms with Crippen molar-refractivity contribution >= 4 is 21.6 Å². The first-order chi connectivity index (χ1) is 14.2. The fourth-order valence-electron chi connectivity index (χ4n) is 3.08. The van der Waals surface area contributed by atoms with E-state index in [0.29, 0.717) is 11.5 Å². The summed E-state index contributed by atoms with van der Waals surface area (Å²) in [5, 5.41) is 6.59. The number of aromatic nitrogens is 2. The zero-order valence-corrected chi connectivity index (χ0v) is 18.1. The Morgan fingerprint density at radius 2 is 1.87 bits per heavy atom. The summed E-state index contributed by atoms with van der Waals surface area (Å²) in [6.07, 6.45) is 1.09. The summed E-state index contributed by atoms with van der Waals surface area (Å²) in [6, 6.07) is 13.8. The third-order valence-corrected chi connectivity index (χ3v) is 5.83. The molecule has 1 heterocycles. The van der Waals surface area contributed by atoms with Crippen molar-refractivity contribution in [2.24, 2.45) is 0 Å². The third-order valence-electron chi connectivity index (χ3n) is 4.60. The number of rotatable bonds is 7. The van der Waals surface area contributed by atoms with Gasteiger partial charge in [-0.05, 0) is 38.0 Å². The molecular weight excluding hydrogens is 404 g/mol. The van der Waals surface area contributed by atoms with Gasteiger partial charge >= 0.3 is 0 Å². The molecular formula is C21H24N4O4S. The van der Waals surface area contributed by atoms with Crippen LogP contribution in [0.25, 0.3) is 11.4 Å². The Labute approximate surface area is 176 Å². The maximum absolute atomic E-state index is 12.7. The van der Waals surface area contributed by atoms with Crippen LogP contribution in [0.2, 0.25) is 0 Å². The predicted octanol–water partition coefficient (Wildman–Crippen LogP) is 2.82. The molecule has 3 aromatic rings. The second kappa shape index (κ2) is 8.66. The summed E-state index contributed by atoms with van der Waals surface area (Å²) >= 11 is 0. The number of anilines is 1. The molecule has 0 saturated heterocycles. The van der Waals surface area contributed by atoms with Crippen LogP contribution >= 0.6 is 0 Å². The molecule has 1 atom stereocenters. The van der Waals surface area contributed by atoms with Crippen LogP contribution in [-0.2, 0) is 21.4 Å². The first-order valence-corrected chi connectivity index (χ1v) is 11.2. The van der Waals surface area contributed by atoms with E-state index in [-0.39, 0.29) is 12.4 Å². The second-order valence-corrected chi connectivity index (χ2v) is 8.98. The van der Waals surface area contributed by atoms with E-state index in [1.165, 1.54) is 0 Å². The van der Waals surface area contributed by atoms with E-state index in [1.54, 1.807) is 19.9 Å². The van der Waals surface area contributed by atoms with E-state index >= 15 is 0 Å². The number of hydrogen-bond donors (Lipinski definition) is 1. The number of hydrogen-bond acceptors (Lipinski definition) is 6. The Bertz CT molecular complexity index is 1140. The highest BCUT2D eigenvalue weighted by molar-refractivity contribution is 7.92. The number of sulfonamides is 1. The maximum atomic E-state index is 12.7. The molecule has 3 rings (SSSR count). The lowest BCUT2D eigenvalue weighted by Gasteiger charge is -2.29. The first-order valence-electron chi connectivity index (χ1n) is 9.39. The molecule has 0 spiro atoms. The lowest BCUT2D eigenvalue weighted by molar-refractivity contribution is -0.122. The van der Waals surface area contributed by atoms with Crippen molar-refractivity contribution in [2.45, 2.75) is 33.4 Å². The van der Waals surface area contributed by atoms with Crippen molar-refractivity contribution < 1.29 is 17.7 Å². The molecule has 30 heavy (non-hydrogen) atoms. The summed E-state index contributed by atoms with van der Waals surface area (Å²) in [4.78, 5) is 17.0. The molecule has 0 radical (unpaired) electrons. The smallest absolute Gasteiger partial charge is 0.246 e. The molecule has 0 saturated carbocycles. The van der Waals surface area contributed by atoms with Gasteiger partial charge in [0.05, 0.1) is 18.5 Å². The van der Waals surface area contributed by atoms with Gasteiger partial charge < -0.3 is 9.84 Å². The first kappa shape index (κ1) is 21.5. The van der Waals surface area contributed by atoms with E-state index in [9.17, 15) is 13.2 Å².